The number of piperidine rings is 1. The van der Waals surface area contributed by atoms with Gasteiger partial charge in [0.25, 0.3) is 5.91 Å². The van der Waals surface area contributed by atoms with Gasteiger partial charge >= 0.3 is 6.09 Å². The van der Waals surface area contributed by atoms with E-state index >= 15 is 0 Å². The van der Waals surface area contributed by atoms with Crippen molar-refractivity contribution in [1.29, 1.82) is 0 Å². The number of ether oxygens (including phenoxy) is 1. The minimum Gasteiger partial charge on any atom is -0.446 e. The topological polar surface area (TPSA) is 87.7 Å². The van der Waals surface area contributed by atoms with Crippen molar-refractivity contribution < 1.29 is 19.1 Å². The second-order valence-corrected chi connectivity index (χ2v) is 8.48. The van der Waals surface area contributed by atoms with Crippen LogP contribution >= 0.6 is 0 Å². The smallest absolute Gasteiger partial charge is 0.411 e. The number of para-hydroxylation sites is 1. The van der Waals surface area contributed by atoms with Gasteiger partial charge in [0.15, 0.2) is 0 Å². The number of anilines is 1. The van der Waals surface area contributed by atoms with Crippen LogP contribution in [0.5, 0.6) is 0 Å². The number of hydrogen-bond acceptors (Lipinski definition) is 5. The van der Waals surface area contributed by atoms with Crippen LogP contribution < -0.4 is 10.6 Å². The van der Waals surface area contributed by atoms with Crippen LogP contribution in [0, 0.1) is 0 Å². The van der Waals surface area contributed by atoms with Crippen LogP contribution in [0.15, 0.2) is 78.9 Å². The summed E-state index contributed by atoms with van der Waals surface area (Å²) >= 11 is 0. The summed E-state index contributed by atoms with van der Waals surface area (Å²) in [6, 6.07) is 24.1. The van der Waals surface area contributed by atoms with Crippen molar-refractivity contribution in [3.63, 3.8) is 0 Å². The molecular weight excluding hydrogens is 442 g/mol. The number of nitrogens with zero attached hydrogens (tertiary/aromatic N) is 1. The molecule has 0 saturated carbocycles. The molecule has 180 valence electrons. The number of carbonyl (C=O) groups excluding carboxylic acids is 3. The van der Waals surface area contributed by atoms with Crippen molar-refractivity contribution in [2.24, 2.45) is 0 Å². The van der Waals surface area contributed by atoms with Crippen LogP contribution in [0.4, 0.5) is 10.5 Å². The average molecular weight is 472 g/mol. The molecule has 1 aliphatic rings. The van der Waals surface area contributed by atoms with Crippen LogP contribution in [0.3, 0.4) is 0 Å². The van der Waals surface area contributed by atoms with E-state index in [2.05, 4.69) is 15.5 Å². The molecule has 0 aromatic heterocycles. The first kappa shape index (κ1) is 24.2. The van der Waals surface area contributed by atoms with Crippen LogP contribution in [0.25, 0.3) is 11.1 Å². The summed E-state index contributed by atoms with van der Waals surface area (Å²) in [5.74, 6) is -0.159. The fourth-order valence-corrected chi connectivity index (χ4v) is 4.15. The summed E-state index contributed by atoms with van der Waals surface area (Å²) in [7, 11) is 0. The lowest BCUT2D eigenvalue weighted by atomic mass is 10.0. The van der Waals surface area contributed by atoms with E-state index in [4.69, 9.17) is 4.74 Å². The maximum absolute atomic E-state index is 12.6. The van der Waals surface area contributed by atoms with Crippen molar-refractivity contribution in [3.8, 4) is 11.1 Å². The average Bonchev–Trinajstić information content (AvgIpc) is 2.90. The molecule has 1 aliphatic heterocycles. The highest BCUT2D eigenvalue weighted by molar-refractivity contribution is 5.94. The third-order valence-corrected chi connectivity index (χ3v) is 6.08. The summed E-state index contributed by atoms with van der Waals surface area (Å²) in [4.78, 5) is 37.8. The van der Waals surface area contributed by atoms with Crippen molar-refractivity contribution in [2.45, 2.75) is 18.9 Å². The summed E-state index contributed by atoms with van der Waals surface area (Å²) in [6.07, 6.45) is 1.66. The first-order valence-electron chi connectivity index (χ1n) is 11.8. The molecule has 0 radical (unpaired) electrons. The lowest BCUT2D eigenvalue weighted by molar-refractivity contribution is 0.0587. The van der Waals surface area contributed by atoms with Gasteiger partial charge in [-0.2, -0.15) is 0 Å². The number of hydrogen-bond donors (Lipinski definition) is 2. The molecule has 1 saturated heterocycles. The molecule has 0 spiro atoms. The molecule has 7 heteroatoms. The monoisotopic (exact) mass is 471 g/mol. The summed E-state index contributed by atoms with van der Waals surface area (Å²) in [5.41, 5.74) is 3.77. The Hall–Kier alpha value is -3.97. The maximum atomic E-state index is 12.6. The normalized spacial score (nSPS) is 14.2. The Bertz CT molecular complexity index is 1140. The molecule has 2 amide bonds. The third-order valence-electron chi connectivity index (χ3n) is 6.08. The first-order valence-corrected chi connectivity index (χ1v) is 11.8. The van der Waals surface area contributed by atoms with Gasteiger partial charge in [-0.05, 0) is 36.6 Å². The van der Waals surface area contributed by atoms with Crippen LogP contribution in [0.1, 0.15) is 33.6 Å². The first-order chi connectivity index (χ1) is 17.1. The molecule has 0 unspecified atom stereocenters. The minimum atomic E-state index is -0.445. The standard InChI is InChI=1S/C28H29N3O4/c32-20-21-10-12-23(13-11-21)27(33)29-16-19-31-17-14-24(15-18-31)35-28(34)30-26-9-5-4-8-25(26)22-6-2-1-3-7-22/h1-13,20,24H,14-19H2,(H,29,33)(H,30,34). The molecule has 7 nitrogen and oxygen atoms in total. The van der Waals surface area contributed by atoms with E-state index < -0.39 is 6.09 Å². The Kier molecular flexibility index (Phi) is 8.25. The molecule has 4 rings (SSSR count). The van der Waals surface area contributed by atoms with E-state index in [9.17, 15) is 14.4 Å². The van der Waals surface area contributed by atoms with E-state index in [-0.39, 0.29) is 12.0 Å². The van der Waals surface area contributed by atoms with Crippen LogP contribution in [-0.4, -0.2) is 55.5 Å². The van der Waals surface area contributed by atoms with Gasteiger partial charge in [-0.15, -0.1) is 0 Å². The number of amides is 2. The fraction of sp³-hybridized carbons (Fsp3) is 0.250. The number of rotatable bonds is 8. The van der Waals surface area contributed by atoms with Crippen LogP contribution in [-0.2, 0) is 4.74 Å². The highest BCUT2D eigenvalue weighted by Gasteiger charge is 2.22. The van der Waals surface area contributed by atoms with Gasteiger partial charge in [-0.1, -0.05) is 60.7 Å². The molecule has 35 heavy (non-hydrogen) atoms. The van der Waals surface area contributed by atoms with Gasteiger partial charge in [0.05, 0.1) is 5.69 Å². The third kappa shape index (κ3) is 6.77. The van der Waals surface area contributed by atoms with Gasteiger partial charge in [0.1, 0.15) is 12.4 Å². The molecule has 2 N–H and O–H groups in total. The second kappa shape index (κ2) is 11.9. The highest BCUT2D eigenvalue weighted by atomic mass is 16.6. The molecular formula is C28H29N3O4. The number of carbonyl (C=O) groups is 3. The molecule has 0 atom stereocenters. The van der Waals surface area contributed by atoms with Gasteiger partial charge < -0.3 is 15.0 Å². The Morgan fingerprint density at radius 3 is 2.31 bits per heavy atom. The van der Waals surface area contributed by atoms with E-state index in [1.165, 1.54) is 0 Å². The van der Waals surface area contributed by atoms with E-state index in [1.54, 1.807) is 24.3 Å². The Labute approximate surface area is 205 Å². The number of nitrogens with one attached hydrogen (secondary N) is 2. The minimum absolute atomic E-state index is 0.138. The Morgan fingerprint density at radius 1 is 0.914 bits per heavy atom. The number of aldehydes is 1. The quantitative estimate of drug-likeness (QED) is 0.469. The largest absolute Gasteiger partial charge is 0.446 e. The summed E-state index contributed by atoms with van der Waals surface area (Å²) in [5, 5.41) is 5.80. The van der Waals surface area contributed by atoms with Gasteiger partial charge in [0, 0.05) is 42.9 Å². The van der Waals surface area contributed by atoms with E-state index in [0.717, 1.165) is 55.6 Å². The zero-order chi connectivity index (χ0) is 24.5. The molecule has 3 aromatic rings. The van der Waals surface area contributed by atoms with Crippen molar-refractivity contribution in [3.05, 3.63) is 90.0 Å². The molecule has 3 aromatic carbocycles. The maximum Gasteiger partial charge on any atom is 0.411 e. The fourth-order valence-electron chi connectivity index (χ4n) is 4.15. The Morgan fingerprint density at radius 2 is 1.60 bits per heavy atom. The zero-order valence-corrected chi connectivity index (χ0v) is 19.5. The van der Waals surface area contributed by atoms with Gasteiger partial charge in [0.2, 0.25) is 0 Å². The van der Waals surface area contributed by atoms with Gasteiger partial charge in [-0.25, -0.2) is 4.79 Å². The molecule has 1 fully saturated rings. The highest BCUT2D eigenvalue weighted by Crippen LogP contribution is 2.28. The van der Waals surface area contributed by atoms with Gasteiger partial charge in [-0.3, -0.25) is 14.9 Å². The van der Waals surface area contributed by atoms with E-state index in [1.807, 2.05) is 54.6 Å². The predicted octanol–water partition coefficient (Wildman–Crippen LogP) is 4.61. The van der Waals surface area contributed by atoms with Crippen molar-refractivity contribution in [1.82, 2.24) is 10.2 Å². The number of benzene rings is 3. The second-order valence-electron chi connectivity index (χ2n) is 8.48. The summed E-state index contributed by atoms with van der Waals surface area (Å²) < 4.78 is 5.68. The van der Waals surface area contributed by atoms with Crippen LogP contribution in [0.2, 0.25) is 0 Å². The summed E-state index contributed by atoms with van der Waals surface area (Å²) in [6.45, 7) is 2.84. The molecule has 0 bridgehead atoms. The Balaban J connectivity index is 1.19. The SMILES string of the molecule is O=Cc1ccc(C(=O)NCCN2CCC(OC(=O)Nc3ccccc3-c3ccccc3)CC2)cc1. The molecule has 1 heterocycles. The van der Waals surface area contributed by atoms with Crippen molar-refractivity contribution >= 4 is 24.0 Å². The predicted molar refractivity (Wildman–Crippen MR) is 136 cm³/mol. The molecule has 0 aliphatic carbocycles. The zero-order valence-electron chi connectivity index (χ0n) is 19.5. The lowest BCUT2D eigenvalue weighted by Crippen LogP contribution is -2.42. The van der Waals surface area contributed by atoms with Crippen molar-refractivity contribution in [2.75, 3.05) is 31.5 Å². The lowest BCUT2D eigenvalue weighted by Gasteiger charge is -2.31. The number of likely N-dealkylation sites (tertiary alicyclic amines) is 1. The van der Waals surface area contributed by atoms with E-state index in [0.29, 0.717) is 17.7 Å².